The van der Waals surface area contributed by atoms with E-state index in [4.69, 9.17) is 5.26 Å². The Morgan fingerprint density at radius 1 is 1.44 bits per heavy atom. The summed E-state index contributed by atoms with van der Waals surface area (Å²) in [6.07, 6.45) is 1.77. The van der Waals surface area contributed by atoms with E-state index in [0.29, 0.717) is 12.2 Å². The third kappa shape index (κ3) is 2.74. The van der Waals surface area contributed by atoms with Crippen molar-refractivity contribution in [3.05, 3.63) is 23.0 Å². The zero-order valence-electron chi connectivity index (χ0n) is 11.7. The summed E-state index contributed by atoms with van der Waals surface area (Å²) in [5.41, 5.74) is 2.67. The van der Waals surface area contributed by atoms with Crippen molar-refractivity contribution in [1.82, 2.24) is 9.88 Å². The molecule has 0 amide bonds. The van der Waals surface area contributed by atoms with Crippen molar-refractivity contribution in [2.75, 3.05) is 6.61 Å². The van der Waals surface area contributed by atoms with Gasteiger partial charge >= 0.3 is 0 Å². The van der Waals surface area contributed by atoms with Crippen LogP contribution in [0, 0.1) is 18.3 Å². The van der Waals surface area contributed by atoms with E-state index in [1.165, 1.54) is 0 Å². The maximum absolute atomic E-state index is 9.51. The highest BCUT2D eigenvalue weighted by atomic mass is 16.3. The fourth-order valence-electron chi connectivity index (χ4n) is 2.11. The van der Waals surface area contributed by atoms with Gasteiger partial charge in [-0.05, 0) is 31.4 Å². The Labute approximate surface area is 109 Å². The van der Waals surface area contributed by atoms with Gasteiger partial charge in [0.05, 0.1) is 6.61 Å². The van der Waals surface area contributed by atoms with Crippen LogP contribution in [0.15, 0.2) is 6.07 Å². The van der Waals surface area contributed by atoms with E-state index in [-0.39, 0.29) is 12.1 Å². The van der Waals surface area contributed by atoms with Crippen LogP contribution in [0.2, 0.25) is 0 Å². The van der Waals surface area contributed by atoms with Gasteiger partial charge in [-0.15, -0.1) is 0 Å². The average Bonchev–Trinajstić information content (AvgIpc) is 2.68. The Kier molecular flexibility index (Phi) is 4.94. The lowest BCUT2D eigenvalue weighted by molar-refractivity contribution is 0.149. The lowest BCUT2D eigenvalue weighted by atomic mass is 9.93. The average molecular weight is 249 g/mol. The van der Waals surface area contributed by atoms with Crippen LogP contribution in [-0.2, 0) is 13.6 Å². The normalized spacial score (nSPS) is 11.6. The standard InChI is InChI=1S/C14H23N3O/c1-5-14(6-2,10-18)16-9-12-7-13(8-15)17(4)11(12)3/h7,16,18H,5-6,9-10H2,1-4H3. The predicted molar refractivity (Wildman–Crippen MR) is 72.1 cm³/mol. The third-order valence-corrected chi connectivity index (χ3v) is 4.06. The van der Waals surface area contributed by atoms with Gasteiger partial charge in [0.2, 0.25) is 0 Å². The molecule has 1 heterocycles. The highest BCUT2D eigenvalue weighted by Gasteiger charge is 2.24. The summed E-state index contributed by atoms with van der Waals surface area (Å²) < 4.78 is 1.90. The van der Waals surface area contributed by atoms with E-state index in [9.17, 15) is 5.11 Å². The molecule has 0 fully saturated rings. The molecule has 1 rings (SSSR count). The van der Waals surface area contributed by atoms with Crippen molar-refractivity contribution in [2.24, 2.45) is 7.05 Å². The zero-order valence-corrected chi connectivity index (χ0v) is 11.7. The minimum Gasteiger partial charge on any atom is -0.394 e. The Bertz CT molecular complexity index is 430. The summed E-state index contributed by atoms with van der Waals surface area (Å²) >= 11 is 0. The van der Waals surface area contributed by atoms with Crippen LogP contribution in [0.3, 0.4) is 0 Å². The molecular weight excluding hydrogens is 226 g/mol. The quantitative estimate of drug-likeness (QED) is 0.808. The Balaban J connectivity index is 2.84. The molecule has 0 aromatic carbocycles. The first-order valence-corrected chi connectivity index (χ1v) is 6.44. The molecule has 4 heteroatoms. The van der Waals surface area contributed by atoms with Crippen molar-refractivity contribution in [1.29, 1.82) is 5.26 Å². The van der Waals surface area contributed by atoms with E-state index in [1.807, 2.05) is 24.6 Å². The maximum Gasteiger partial charge on any atom is 0.120 e. The van der Waals surface area contributed by atoms with Gasteiger partial charge in [-0.2, -0.15) is 5.26 Å². The topological polar surface area (TPSA) is 61.0 Å². The number of aliphatic hydroxyl groups is 1. The lowest BCUT2D eigenvalue weighted by Crippen LogP contribution is -2.47. The molecule has 0 aliphatic heterocycles. The van der Waals surface area contributed by atoms with E-state index in [1.54, 1.807) is 0 Å². The van der Waals surface area contributed by atoms with E-state index < -0.39 is 0 Å². The summed E-state index contributed by atoms with van der Waals surface area (Å²) in [6.45, 7) is 6.98. The first-order chi connectivity index (χ1) is 8.53. The molecule has 1 aromatic heterocycles. The summed E-state index contributed by atoms with van der Waals surface area (Å²) in [5, 5.41) is 21.9. The molecule has 4 nitrogen and oxygen atoms in total. The van der Waals surface area contributed by atoms with Crippen LogP contribution in [0.4, 0.5) is 0 Å². The van der Waals surface area contributed by atoms with Crippen molar-refractivity contribution < 1.29 is 5.11 Å². The third-order valence-electron chi connectivity index (χ3n) is 4.06. The van der Waals surface area contributed by atoms with Gasteiger partial charge in [0.15, 0.2) is 0 Å². The molecule has 0 spiro atoms. The Hall–Kier alpha value is -1.31. The number of rotatable bonds is 6. The Morgan fingerprint density at radius 2 is 2.06 bits per heavy atom. The molecule has 0 aliphatic carbocycles. The van der Waals surface area contributed by atoms with Crippen LogP contribution >= 0.6 is 0 Å². The molecule has 0 bridgehead atoms. The van der Waals surface area contributed by atoms with Crippen molar-refractivity contribution in [2.45, 2.75) is 45.7 Å². The van der Waals surface area contributed by atoms with E-state index in [0.717, 1.165) is 24.1 Å². The molecule has 100 valence electrons. The SMILES string of the molecule is CCC(CC)(CO)NCc1cc(C#N)n(C)c1C. The Morgan fingerprint density at radius 3 is 2.44 bits per heavy atom. The number of hydrogen-bond donors (Lipinski definition) is 2. The van der Waals surface area contributed by atoms with Crippen LogP contribution in [-0.4, -0.2) is 21.8 Å². The van der Waals surface area contributed by atoms with Gasteiger partial charge in [0.25, 0.3) is 0 Å². The van der Waals surface area contributed by atoms with Crippen LogP contribution < -0.4 is 5.32 Å². The van der Waals surface area contributed by atoms with Gasteiger partial charge in [-0.25, -0.2) is 0 Å². The fraction of sp³-hybridized carbons (Fsp3) is 0.643. The zero-order chi connectivity index (χ0) is 13.8. The first kappa shape index (κ1) is 14.7. The van der Waals surface area contributed by atoms with Crippen LogP contribution in [0.1, 0.15) is 43.6 Å². The van der Waals surface area contributed by atoms with Crippen molar-refractivity contribution >= 4 is 0 Å². The van der Waals surface area contributed by atoms with Crippen LogP contribution in [0.5, 0.6) is 0 Å². The number of aliphatic hydroxyl groups excluding tert-OH is 1. The van der Waals surface area contributed by atoms with Gasteiger partial charge in [-0.3, -0.25) is 0 Å². The van der Waals surface area contributed by atoms with Gasteiger partial charge in [0, 0.05) is 24.8 Å². The number of aromatic nitrogens is 1. The van der Waals surface area contributed by atoms with Crippen molar-refractivity contribution in [3.8, 4) is 6.07 Å². The monoisotopic (exact) mass is 249 g/mol. The predicted octanol–water partition coefficient (Wildman–Crippen LogP) is 1.85. The van der Waals surface area contributed by atoms with Crippen LogP contribution in [0.25, 0.3) is 0 Å². The minimum atomic E-state index is -0.213. The highest BCUT2D eigenvalue weighted by molar-refractivity contribution is 5.34. The van der Waals surface area contributed by atoms with Crippen molar-refractivity contribution in [3.63, 3.8) is 0 Å². The number of nitriles is 1. The largest absolute Gasteiger partial charge is 0.394 e. The van der Waals surface area contributed by atoms with Gasteiger partial charge in [0.1, 0.15) is 11.8 Å². The molecule has 0 aliphatic rings. The maximum atomic E-state index is 9.51. The molecule has 0 radical (unpaired) electrons. The van der Waals surface area contributed by atoms with Gasteiger partial charge in [-0.1, -0.05) is 13.8 Å². The van der Waals surface area contributed by atoms with E-state index in [2.05, 4.69) is 25.2 Å². The molecule has 18 heavy (non-hydrogen) atoms. The summed E-state index contributed by atoms with van der Waals surface area (Å²) in [4.78, 5) is 0. The summed E-state index contributed by atoms with van der Waals surface area (Å²) in [7, 11) is 1.90. The fourth-order valence-corrected chi connectivity index (χ4v) is 2.11. The molecular formula is C14H23N3O. The number of nitrogens with one attached hydrogen (secondary N) is 1. The minimum absolute atomic E-state index is 0.136. The molecule has 2 N–H and O–H groups in total. The molecule has 0 saturated heterocycles. The molecule has 0 saturated carbocycles. The summed E-state index contributed by atoms with van der Waals surface area (Å²) in [6, 6.07) is 4.09. The molecule has 0 unspecified atom stereocenters. The molecule has 0 atom stereocenters. The molecule has 1 aromatic rings. The smallest absolute Gasteiger partial charge is 0.120 e. The lowest BCUT2D eigenvalue weighted by Gasteiger charge is -2.31. The van der Waals surface area contributed by atoms with E-state index >= 15 is 0 Å². The second-order valence-corrected chi connectivity index (χ2v) is 4.81. The summed E-state index contributed by atoms with van der Waals surface area (Å²) in [5.74, 6) is 0. The second kappa shape index (κ2) is 6.03. The number of nitrogens with zero attached hydrogens (tertiary/aromatic N) is 2. The number of hydrogen-bond acceptors (Lipinski definition) is 3. The second-order valence-electron chi connectivity index (χ2n) is 4.81. The highest BCUT2D eigenvalue weighted by Crippen LogP contribution is 2.18. The first-order valence-electron chi connectivity index (χ1n) is 6.44. The van der Waals surface area contributed by atoms with Gasteiger partial charge < -0.3 is 15.0 Å².